The Morgan fingerprint density at radius 2 is 1.90 bits per heavy atom. The molecule has 3 atom stereocenters. The fraction of sp³-hybridized carbons (Fsp3) is 0.720. The van der Waals surface area contributed by atoms with Crippen LogP contribution < -0.4 is 0 Å². The number of amides is 1. The van der Waals surface area contributed by atoms with Crippen molar-refractivity contribution in [2.24, 2.45) is 5.92 Å². The van der Waals surface area contributed by atoms with Crippen LogP contribution in [0.15, 0.2) is 18.2 Å². The van der Waals surface area contributed by atoms with E-state index in [-0.39, 0.29) is 23.1 Å². The van der Waals surface area contributed by atoms with Crippen LogP contribution in [-0.4, -0.2) is 89.3 Å². The van der Waals surface area contributed by atoms with E-state index < -0.39 is 5.60 Å². The maximum absolute atomic E-state index is 12.9. The van der Waals surface area contributed by atoms with E-state index in [1.54, 1.807) is 6.07 Å². The smallest absolute Gasteiger partial charge is 0.223 e. The van der Waals surface area contributed by atoms with E-state index in [1.165, 1.54) is 18.4 Å². The molecule has 5 rings (SSSR count). The molecule has 1 aromatic carbocycles. The van der Waals surface area contributed by atoms with Crippen molar-refractivity contribution in [1.82, 2.24) is 14.7 Å². The van der Waals surface area contributed by atoms with Gasteiger partial charge in [-0.1, -0.05) is 6.07 Å². The van der Waals surface area contributed by atoms with Crippen molar-refractivity contribution >= 4 is 5.91 Å². The summed E-state index contributed by atoms with van der Waals surface area (Å²) < 4.78 is 0. The Kier molecular flexibility index (Phi) is 5.31. The summed E-state index contributed by atoms with van der Waals surface area (Å²) in [6, 6.07) is 5.84. The van der Waals surface area contributed by atoms with Gasteiger partial charge in [-0.15, -0.1) is 0 Å². The molecule has 3 fully saturated rings. The number of likely N-dealkylation sites (tertiary alicyclic amines) is 2. The average molecular weight is 428 g/mol. The highest BCUT2D eigenvalue weighted by atomic mass is 16.3. The normalized spacial score (nSPS) is 33.0. The number of aliphatic hydroxyl groups is 1. The van der Waals surface area contributed by atoms with Gasteiger partial charge < -0.3 is 20.0 Å². The predicted octanol–water partition coefficient (Wildman–Crippen LogP) is 1.98. The van der Waals surface area contributed by atoms with E-state index in [1.807, 2.05) is 30.0 Å². The fourth-order valence-electron chi connectivity index (χ4n) is 6.59. The molecule has 2 bridgehead atoms. The van der Waals surface area contributed by atoms with Gasteiger partial charge in [0, 0.05) is 44.1 Å². The summed E-state index contributed by atoms with van der Waals surface area (Å²) in [5.41, 5.74) is 1.14. The van der Waals surface area contributed by atoms with Crippen LogP contribution in [0.3, 0.4) is 0 Å². The number of nitrogens with zero attached hydrogens (tertiary/aromatic N) is 3. The van der Waals surface area contributed by atoms with E-state index in [0.29, 0.717) is 25.9 Å². The Bertz CT molecular complexity index is 854. The summed E-state index contributed by atoms with van der Waals surface area (Å²) in [5, 5.41) is 22.7. The van der Waals surface area contributed by atoms with Gasteiger partial charge in [-0.25, -0.2) is 0 Å². The molecule has 1 aromatic rings. The number of fused-ring (bicyclic) bond motifs is 1. The highest BCUT2D eigenvalue weighted by molar-refractivity contribution is 5.76. The first-order valence-electron chi connectivity index (χ1n) is 12.0. The topological polar surface area (TPSA) is 67.3 Å². The van der Waals surface area contributed by atoms with Crippen LogP contribution in [0.25, 0.3) is 0 Å². The molecule has 2 N–H and O–H groups in total. The lowest BCUT2D eigenvalue weighted by atomic mass is 9.52. The Morgan fingerprint density at radius 3 is 2.65 bits per heavy atom. The van der Waals surface area contributed by atoms with E-state index in [4.69, 9.17) is 0 Å². The number of benzene rings is 1. The van der Waals surface area contributed by atoms with Gasteiger partial charge in [-0.3, -0.25) is 9.69 Å². The largest absolute Gasteiger partial charge is 0.508 e. The lowest BCUT2D eigenvalue weighted by molar-refractivity contribution is -0.149. The maximum Gasteiger partial charge on any atom is 0.223 e. The van der Waals surface area contributed by atoms with Crippen molar-refractivity contribution in [3.63, 3.8) is 0 Å². The van der Waals surface area contributed by atoms with Crippen LogP contribution in [0.4, 0.5) is 0 Å². The minimum atomic E-state index is -0.864. The van der Waals surface area contributed by atoms with Crippen molar-refractivity contribution in [2.75, 3.05) is 46.8 Å². The first kappa shape index (κ1) is 21.2. The van der Waals surface area contributed by atoms with Crippen molar-refractivity contribution in [1.29, 1.82) is 0 Å². The van der Waals surface area contributed by atoms with Crippen LogP contribution in [0.5, 0.6) is 5.75 Å². The second-order valence-electron chi connectivity index (χ2n) is 10.7. The fourth-order valence-corrected chi connectivity index (χ4v) is 6.59. The molecule has 31 heavy (non-hydrogen) atoms. The Balaban J connectivity index is 1.49. The number of hydrogen-bond acceptors (Lipinski definition) is 5. The number of hydrogen-bond donors (Lipinski definition) is 2. The van der Waals surface area contributed by atoms with Gasteiger partial charge in [0.2, 0.25) is 5.91 Å². The standard InChI is InChI=1S/C25H37N3O3/c1-26(2)11-7-23(30)27-12-8-24-9-13-28(17-18-3-4-18)22(25(24,31)10-14-27)15-19-5-6-20(29)16-21(19)24/h5-6,16,18,22,29,31H,3-4,7-15,17H2,1-2H3/t22-,24+,25-/m1/s1. The molecule has 6 heteroatoms. The summed E-state index contributed by atoms with van der Waals surface area (Å²) in [6.45, 7) is 4.12. The number of aromatic hydroxyl groups is 1. The van der Waals surface area contributed by atoms with Gasteiger partial charge in [0.05, 0.1) is 5.60 Å². The summed E-state index contributed by atoms with van der Waals surface area (Å²) in [6.07, 6.45) is 6.24. The number of phenolic OH excluding ortho intramolecular Hbond substituents is 1. The summed E-state index contributed by atoms with van der Waals surface area (Å²) in [4.78, 5) is 19.5. The number of carbonyl (C=O) groups excluding carboxylic acids is 1. The summed E-state index contributed by atoms with van der Waals surface area (Å²) in [7, 11) is 3.99. The number of piperidine rings is 1. The van der Waals surface area contributed by atoms with E-state index >= 15 is 0 Å². The van der Waals surface area contributed by atoms with E-state index in [9.17, 15) is 15.0 Å². The molecular formula is C25H37N3O3. The average Bonchev–Trinajstić information content (AvgIpc) is 3.55. The quantitative estimate of drug-likeness (QED) is 0.752. The number of carbonyl (C=O) groups is 1. The molecule has 2 heterocycles. The molecule has 0 radical (unpaired) electrons. The van der Waals surface area contributed by atoms with Crippen LogP contribution in [0.1, 0.15) is 49.7 Å². The van der Waals surface area contributed by atoms with Gasteiger partial charge in [0.1, 0.15) is 5.75 Å². The molecule has 2 aliphatic heterocycles. The molecule has 170 valence electrons. The second-order valence-corrected chi connectivity index (χ2v) is 10.7. The molecule has 2 saturated heterocycles. The highest BCUT2D eigenvalue weighted by Crippen LogP contribution is 2.56. The first-order valence-corrected chi connectivity index (χ1v) is 12.0. The molecular weight excluding hydrogens is 390 g/mol. The van der Waals surface area contributed by atoms with Gasteiger partial charge in [0.15, 0.2) is 0 Å². The SMILES string of the molecule is CN(C)CCC(=O)N1CC[C@]23CCN(CC4CC4)[C@H](Cc4ccc(O)cc42)[C@]3(O)CC1. The zero-order valence-electron chi connectivity index (χ0n) is 19.0. The Labute approximate surface area is 185 Å². The highest BCUT2D eigenvalue weighted by Gasteiger charge is 2.63. The van der Waals surface area contributed by atoms with Gasteiger partial charge >= 0.3 is 0 Å². The molecule has 0 aromatic heterocycles. The Morgan fingerprint density at radius 1 is 1.16 bits per heavy atom. The van der Waals surface area contributed by atoms with Crippen LogP contribution >= 0.6 is 0 Å². The van der Waals surface area contributed by atoms with Crippen molar-refractivity contribution in [2.45, 2.75) is 62.0 Å². The zero-order chi connectivity index (χ0) is 21.8. The molecule has 4 aliphatic rings. The van der Waals surface area contributed by atoms with E-state index in [0.717, 1.165) is 50.4 Å². The van der Waals surface area contributed by atoms with Gasteiger partial charge in [-0.2, -0.15) is 0 Å². The second kappa shape index (κ2) is 7.75. The van der Waals surface area contributed by atoms with Crippen LogP contribution in [0, 0.1) is 5.92 Å². The monoisotopic (exact) mass is 427 g/mol. The van der Waals surface area contributed by atoms with Crippen LogP contribution in [-0.2, 0) is 16.6 Å². The van der Waals surface area contributed by atoms with E-state index in [2.05, 4.69) is 11.0 Å². The lowest BCUT2D eigenvalue weighted by Gasteiger charge is -2.61. The predicted molar refractivity (Wildman–Crippen MR) is 120 cm³/mol. The molecule has 0 spiro atoms. The zero-order valence-corrected chi connectivity index (χ0v) is 19.0. The van der Waals surface area contributed by atoms with Gasteiger partial charge in [-0.05, 0) is 88.3 Å². The minimum absolute atomic E-state index is 0.0933. The molecule has 6 nitrogen and oxygen atoms in total. The summed E-state index contributed by atoms with van der Waals surface area (Å²) >= 11 is 0. The molecule has 2 aliphatic carbocycles. The first-order chi connectivity index (χ1) is 14.8. The minimum Gasteiger partial charge on any atom is -0.508 e. The Hall–Kier alpha value is -1.63. The van der Waals surface area contributed by atoms with Crippen molar-refractivity contribution in [3.8, 4) is 5.75 Å². The third-order valence-corrected chi connectivity index (χ3v) is 8.56. The maximum atomic E-state index is 12.9. The molecule has 0 unspecified atom stereocenters. The van der Waals surface area contributed by atoms with Crippen molar-refractivity contribution < 1.29 is 15.0 Å². The molecule has 1 amide bonds. The lowest BCUT2D eigenvalue weighted by Crippen LogP contribution is -2.71. The number of rotatable bonds is 5. The van der Waals surface area contributed by atoms with Crippen molar-refractivity contribution in [3.05, 3.63) is 29.3 Å². The third-order valence-electron chi connectivity index (χ3n) is 8.56. The number of phenols is 1. The molecule has 1 saturated carbocycles. The third kappa shape index (κ3) is 3.57. The van der Waals surface area contributed by atoms with Gasteiger partial charge in [0.25, 0.3) is 0 Å². The van der Waals surface area contributed by atoms with Crippen LogP contribution in [0.2, 0.25) is 0 Å². The summed E-state index contributed by atoms with van der Waals surface area (Å²) in [5.74, 6) is 1.25.